The largest absolute Gasteiger partial charge is 0.487 e. The van der Waals surface area contributed by atoms with Crippen LogP contribution < -0.4 is 9.47 Å². The van der Waals surface area contributed by atoms with Gasteiger partial charge in [-0.25, -0.2) is 0 Å². The van der Waals surface area contributed by atoms with E-state index in [0.29, 0.717) is 48.0 Å². The molecular weight excluding hydrogens is 423 g/mol. The molecule has 0 aliphatic heterocycles. The number of benzene rings is 3. The Labute approximate surface area is 187 Å². The molecule has 0 fully saturated rings. The van der Waals surface area contributed by atoms with E-state index in [4.69, 9.17) is 42.1 Å². The standard InChI is InChI=1S/C24H24Cl2O4/c1-27-13-19-7-9-23(21(25)11-19)29-15-17-3-5-18(6-4-17)16-30-24-10-8-20(14-28-2)12-22(24)26/h3-12H,13-16H2,1-2H3. The van der Waals surface area contributed by atoms with Crippen molar-refractivity contribution in [3.8, 4) is 11.5 Å². The molecule has 0 atom stereocenters. The van der Waals surface area contributed by atoms with Gasteiger partial charge in [0.25, 0.3) is 0 Å². The Balaban J connectivity index is 1.53. The maximum absolute atomic E-state index is 6.28. The Morgan fingerprint density at radius 2 is 0.900 bits per heavy atom. The average molecular weight is 447 g/mol. The quantitative estimate of drug-likeness (QED) is 0.358. The maximum Gasteiger partial charge on any atom is 0.138 e. The van der Waals surface area contributed by atoms with Crippen molar-refractivity contribution >= 4 is 23.2 Å². The molecular formula is C24H24Cl2O4. The van der Waals surface area contributed by atoms with Crippen molar-refractivity contribution in [3.05, 3.63) is 93.0 Å². The number of rotatable bonds is 10. The summed E-state index contributed by atoms with van der Waals surface area (Å²) in [6.45, 7) is 1.90. The topological polar surface area (TPSA) is 36.9 Å². The highest BCUT2D eigenvalue weighted by Gasteiger charge is 2.06. The average Bonchev–Trinajstić information content (AvgIpc) is 2.74. The fourth-order valence-electron chi connectivity index (χ4n) is 2.89. The van der Waals surface area contributed by atoms with E-state index in [1.807, 2.05) is 60.7 Å². The van der Waals surface area contributed by atoms with Crippen molar-refractivity contribution in [2.45, 2.75) is 26.4 Å². The van der Waals surface area contributed by atoms with Crippen LogP contribution in [0.15, 0.2) is 60.7 Å². The lowest BCUT2D eigenvalue weighted by molar-refractivity contribution is 0.184. The van der Waals surface area contributed by atoms with E-state index >= 15 is 0 Å². The van der Waals surface area contributed by atoms with Crippen LogP contribution >= 0.6 is 23.2 Å². The van der Waals surface area contributed by atoms with Crippen LogP contribution in [0.4, 0.5) is 0 Å². The van der Waals surface area contributed by atoms with E-state index in [-0.39, 0.29) is 0 Å². The summed E-state index contributed by atoms with van der Waals surface area (Å²) in [6, 6.07) is 19.4. The van der Waals surface area contributed by atoms with E-state index in [1.54, 1.807) is 14.2 Å². The normalized spacial score (nSPS) is 10.8. The van der Waals surface area contributed by atoms with Gasteiger partial charge in [0.2, 0.25) is 0 Å². The van der Waals surface area contributed by atoms with Crippen LogP contribution in [0.25, 0.3) is 0 Å². The second kappa shape index (κ2) is 11.2. The third-order valence-electron chi connectivity index (χ3n) is 4.43. The van der Waals surface area contributed by atoms with Crippen LogP contribution in [0.1, 0.15) is 22.3 Å². The molecule has 0 aliphatic carbocycles. The van der Waals surface area contributed by atoms with Crippen LogP contribution in [-0.4, -0.2) is 14.2 Å². The highest BCUT2D eigenvalue weighted by atomic mass is 35.5. The van der Waals surface area contributed by atoms with Crippen LogP contribution in [0.5, 0.6) is 11.5 Å². The van der Waals surface area contributed by atoms with Gasteiger partial charge in [0.15, 0.2) is 0 Å². The van der Waals surface area contributed by atoms with Gasteiger partial charge in [0, 0.05) is 14.2 Å². The van der Waals surface area contributed by atoms with Gasteiger partial charge < -0.3 is 18.9 Å². The lowest BCUT2D eigenvalue weighted by Gasteiger charge is -2.11. The zero-order valence-corrected chi connectivity index (χ0v) is 18.5. The van der Waals surface area contributed by atoms with Gasteiger partial charge in [-0.2, -0.15) is 0 Å². The first kappa shape index (κ1) is 22.4. The second-order valence-corrected chi connectivity index (χ2v) is 7.60. The molecule has 0 N–H and O–H groups in total. The number of ether oxygens (including phenoxy) is 4. The molecule has 3 aromatic carbocycles. The molecule has 0 bridgehead atoms. The molecule has 0 aliphatic rings. The van der Waals surface area contributed by atoms with Gasteiger partial charge in [-0.1, -0.05) is 59.6 Å². The minimum Gasteiger partial charge on any atom is -0.487 e. The molecule has 0 aromatic heterocycles. The molecule has 0 amide bonds. The van der Waals surface area contributed by atoms with Gasteiger partial charge in [0.1, 0.15) is 24.7 Å². The lowest BCUT2D eigenvalue weighted by atomic mass is 10.1. The predicted molar refractivity (Wildman–Crippen MR) is 119 cm³/mol. The Morgan fingerprint density at radius 1 is 0.533 bits per heavy atom. The Morgan fingerprint density at radius 3 is 1.23 bits per heavy atom. The second-order valence-electron chi connectivity index (χ2n) is 6.79. The van der Waals surface area contributed by atoms with Crippen molar-refractivity contribution in [1.82, 2.24) is 0 Å². The third-order valence-corrected chi connectivity index (χ3v) is 5.02. The van der Waals surface area contributed by atoms with Gasteiger partial charge in [-0.15, -0.1) is 0 Å². The molecule has 0 saturated carbocycles. The van der Waals surface area contributed by atoms with Gasteiger partial charge in [0.05, 0.1) is 23.3 Å². The monoisotopic (exact) mass is 446 g/mol. The first-order valence-corrected chi connectivity index (χ1v) is 10.2. The number of methoxy groups -OCH3 is 2. The fraction of sp³-hybridized carbons (Fsp3) is 0.250. The summed E-state index contributed by atoms with van der Waals surface area (Å²) in [5.41, 5.74) is 4.09. The Bertz CT molecular complexity index is 879. The molecule has 3 aromatic rings. The van der Waals surface area contributed by atoms with Crippen LogP contribution in [0.3, 0.4) is 0 Å². The summed E-state index contributed by atoms with van der Waals surface area (Å²) in [4.78, 5) is 0. The molecule has 3 rings (SSSR count). The van der Waals surface area contributed by atoms with Crippen molar-refractivity contribution in [2.24, 2.45) is 0 Å². The highest BCUT2D eigenvalue weighted by Crippen LogP contribution is 2.28. The van der Waals surface area contributed by atoms with Gasteiger partial charge in [-0.3, -0.25) is 0 Å². The number of hydrogen-bond donors (Lipinski definition) is 0. The minimum absolute atomic E-state index is 0.428. The summed E-state index contributed by atoms with van der Waals surface area (Å²) < 4.78 is 21.9. The van der Waals surface area contributed by atoms with E-state index in [9.17, 15) is 0 Å². The van der Waals surface area contributed by atoms with E-state index in [2.05, 4.69) is 0 Å². The number of hydrogen-bond acceptors (Lipinski definition) is 4. The van der Waals surface area contributed by atoms with Crippen LogP contribution in [0.2, 0.25) is 10.0 Å². The first-order valence-electron chi connectivity index (χ1n) is 9.47. The molecule has 6 heteroatoms. The van der Waals surface area contributed by atoms with Gasteiger partial charge in [-0.05, 0) is 46.5 Å². The first-order chi connectivity index (χ1) is 14.6. The van der Waals surface area contributed by atoms with E-state index in [0.717, 1.165) is 22.3 Å². The highest BCUT2D eigenvalue weighted by molar-refractivity contribution is 6.32. The molecule has 158 valence electrons. The zero-order chi connectivity index (χ0) is 21.3. The minimum atomic E-state index is 0.428. The van der Waals surface area contributed by atoms with Crippen molar-refractivity contribution in [1.29, 1.82) is 0 Å². The Hall–Kier alpha value is -2.24. The zero-order valence-electron chi connectivity index (χ0n) is 17.0. The van der Waals surface area contributed by atoms with Crippen molar-refractivity contribution in [3.63, 3.8) is 0 Å². The SMILES string of the molecule is COCc1ccc(OCc2ccc(COc3ccc(COC)cc3Cl)cc2)c(Cl)c1. The summed E-state index contributed by atoms with van der Waals surface area (Å²) in [7, 11) is 3.31. The Kier molecular flexibility index (Phi) is 8.40. The molecule has 0 spiro atoms. The molecule has 0 heterocycles. The smallest absolute Gasteiger partial charge is 0.138 e. The summed E-state index contributed by atoms with van der Waals surface area (Å²) >= 11 is 12.6. The summed E-state index contributed by atoms with van der Waals surface area (Å²) in [5, 5.41) is 1.14. The molecule has 30 heavy (non-hydrogen) atoms. The molecule has 0 radical (unpaired) electrons. The van der Waals surface area contributed by atoms with E-state index < -0.39 is 0 Å². The molecule has 4 nitrogen and oxygen atoms in total. The van der Waals surface area contributed by atoms with Crippen LogP contribution in [0, 0.1) is 0 Å². The van der Waals surface area contributed by atoms with Gasteiger partial charge >= 0.3 is 0 Å². The van der Waals surface area contributed by atoms with Crippen LogP contribution in [-0.2, 0) is 35.9 Å². The van der Waals surface area contributed by atoms with Crippen molar-refractivity contribution < 1.29 is 18.9 Å². The maximum atomic E-state index is 6.28. The molecule has 0 saturated heterocycles. The predicted octanol–water partition coefficient (Wildman–Crippen LogP) is 6.44. The fourth-order valence-corrected chi connectivity index (χ4v) is 3.40. The lowest BCUT2D eigenvalue weighted by Crippen LogP contribution is -1.99. The number of halogens is 2. The van der Waals surface area contributed by atoms with Crippen molar-refractivity contribution in [2.75, 3.05) is 14.2 Å². The third kappa shape index (κ3) is 6.38. The summed E-state index contributed by atoms with van der Waals surface area (Å²) in [5.74, 6) is 1.30. The van der Waals surface area contributed by atoms with E-state index in [1.165, 1.54) is 0 Å². The molecule has 0 unspecified atom stereocenters. The summed E-state index contributed by atoms with van der Waals surface area (Å²) in [6.07, 6.45) is 0.